The van der Waals surface area contributed by atoms with Crippen molar-refractivity contribution < 1.29 is 14.3 Å². The molecule has 33 heavy (non-hydrogen) atoms. The van der Waals surface area contributed by atoms with E-state index in [-0.39, 0.29) is 11.1 Å². The van der Waals surface area contributed by atoms with Crippen LogP contribution in [0.15, 0.2) is 42.5 Å². The van der Waals surface area contributed by atoms with Gasteiger partial charge in [0.15, 0.2) is 5.82 Å². The fourth-order valence-electron chi connectivity index (χ4n) is 4.54. The average molecular weight is 472 g/mol. The van der Waals surface area contributed by atoms with Gasteiger partial charge in [-0.2, -0.15) is 5.10 Å². The first-order valence-corrected chi connectivity index (χ1v) is 11.3. The van der Waals surface area contributed by atoms with Crippen LogP contribution in [-0.4, -0.2) is 43.7 Å². The Hall–Kier alpha value is -2.97. The number of rotatable bonds is 7. The van der Waals surface area contributed by atoms with Crippen LogP contribution in [0, 0.1) is 18.2 Å². The number of carboxylic acids is 1. The van der Waals surface area contributed by atoms with Gasteiger partial charge in [-0.05, 0) is 51.4 Å². The number of aromatic amines is 1. The number of piperidine rings is 1. The Morgan fingerprint density at radius 2 is 2.12 bits per heavy atom. The minimum absolute atomic E-state index is 0.0402. The Labute approximate surface area is 197 Å². The maximum atomic E-state index is 14.4. The Bertz CT molecular complexity index is 1150. The molecule has 3 heterocycles. The highest BCUT2D eigenvalue weighted by Gasteiger charge is 2.44. The summed E-state index contributed by atoms with van der Waals surface area (Å²) in [6, 6.07) is 12.3. The molecule has 174 valence electrons. The van der Waals surface area contributed by atoms with E-state index in [9.17, 15) is 14.3 Å². The van der Waals surface area contributed by atoms with Crippen molar-refractivity contribution in [1.29, 1.82) is 0 Å². The number of likely N-dealkylation sites (tertiary alicyclic amines) is 1. The summed E-state index contributed by atoms with van der Waals surface area (Å²) in [5.41, 5.74) is 1.22. The van der Waals surface area contributed by atoms with Crippen molar-refractivity contribution in [3.05, 3.63) is 70.3 Å². The zero-order chi connectivity index (χ0) is 23.6. The van der Waals surface area contributed by atoms with Gasteiger partial charge in [0.25, 0.3) is 0 Å². The predicted molar refractivity (Wildman–Crippen MR) is 125 cm³/mol. The van der Waals surface area contributed by atoms with Crippen molar-refractivity contribution in [1.82, 2.24) is 20.1 Å². The molecule has 3 aromatic rings. The smallest absolute Gasteiger partial charge is 0.310 e. The van der Waals surface area contributed by atoms with Gasteiger partial charge in [0.05, 0.1) is 10.4 Å². The highest BCUT2D eigenvalue weighted by molar-refractivity contribution is 6.30. The Morgan fingerprint density at radius 1 is 1.33 bits per heavy atom. The van der Waals surface area contributed by atoms with Crippen LogP contribution in [-0.2, 0) is 17.8 Å². The molecule has 1 aliphatic rings. The van der Waals surface area contributed by atoms with Crippen LogP contribution in [0.25, 0.3) is 0 Å². The minimum atomic E-state index is -0.933. The van der Waals surface area contributed by atoms with Gasteiger partial charge in [-0.3, -0.25) is 14.8 Å². The molecule has 1 aliphatic heterocycles. The molecule has 0 radical (unpaired) electrons. The zero-order valence-corrected chi connectivity index (χ0v) is 19.4. The molecular formula is C24H27ClFN5O2. The molecule has 0 unspecified atom stereocenters. The summed E-state index contributed by atoms with van der Waals surface area (Å²) < 4.78 is 14.4. The second-order valence-corrected chi connectivity index (χ2v) is 9.23. The molecule has 0 aliphatic carbocycles. The maximum absolute atomic E-state index is 14.4. The molecule has 1 aromatic carbocycles. The van der Waals surface area contributed by atoms with Gasteiger partial charge in [-0.25, -0.2) is 9.37 Å². The predicted octanol–water partition coefficient (Wildman–Crippen LogP) is 4.95. The van der Waals surface area contributed by atoms with Crippen LogP contribution in [0.1, 0.15) is 36.7 Å². The summed E-state index contributed by atoms with van der Waals surface area (Å²) in [5.74, 6) is 0.0230. The van der Waals surface area contributed by atoms with Gasteiger partial charge in [-0.1, -0.05) is 29.8 Å². The third-order valence-electron chi connectivity index (χ3n) is 6.33. The van der Waals surface area contributed by atoms with Crippen molar-refractivity contribution in [2.75, 3.05) is 11.9 Å². The lowest BCUT2D eigenvalue weighted by atomic mass is 9.72. The Balaban J connectivity index is 1.48. The minimum Gasteiger partial charge on any atom is -0.481 e. The Morgan fingerprint density at radius 3 is 2.82 bits per heavy atom. The highest BCUT2D eigenvalue weighted by Crippen LogP contribution is 2.39. The number of pyridine rings is 1. The number of hydrogen-bond acceptors (Lipinski definition) is 5. The fraction of sp³-hybridized carbons (Fsp3) is 0.375. The van der Waals surface area contributed by atoms with E-state index in [1.807, 2.05) is 38.1 Å². The molecule has 0 bridgehead atoms. The summed E-state index contributed by atoms with van der Waals surface area (Å²) in [4.78, 5) is 19.2. The number of carbonyl (C=O) groups is 1. The highest BCUT2D eigenvalue weighted by atomic mass is 35.5. The molecule has 3 N–H and O–H groups in total. The second-order valence-electron chi connectivity index (χ2n) is 8.82. The summed E-state index contributed by atoms with van der Waals surface area (Å²) in [6.45, 7) is 4.84. The molecule has 9 heteroatoms. The van der Waals surface area contributed by atoms with Gasteiger partial charge in [-0.15, -0.1) is 0 Å². The quantitative estimate of drug-likeness (QED) is 0.451. The summed E-state index contributed by atoms with van der Waals surface area (Å²) >= 11 is 5.92. The number of benzene rings is 1. The summed E-state index contributed by atoms with van der Waals surface area (Å²) in [6.07, 6.45) is 1.22. The van der Waals surface area contributed by atoms with E-state index in [0.717, 1.165) is 5.69 Å². The van der Waals surface area contributed by atoms with Gasteiger partial charge in [0.1, 0.15) is 11.6 Å². The number of halogens is 2. The third kappa shape index (κ3) is 5.17. The van der Waals surface area contributed by atoms with E-state index >= 15 is 0 Å². The maximum Gasteiger partial charge on any atom is 0.310 e. The number of aromatic nitrogens is 3. The first-order valence-electron chi connectivity index (χ1n) is 10.9. The van der Waals surface area contributed by atoms with Crippen LogP contribution < -0.4 is 5.32 Å². The normalized spacial score (nSPS) is 21.2. The van der Waals surface area contributed by atoms with Crippen LogP contribution in [0.3, 0.4) is 0 Å². The van der Waals surface area contributed by atoms with Crippen LogP contribution in [0.4, 0.5) is 16.0 Å². The van der Waals surface area contributed by atoms with E-state index in [1.54, 1.807) is 12.1 Å². The number of H-pyrrole nitrogens is 1. The number of aryl methyl sites for hydroxylation is 1. The van der Waals surface area contributed by atoms with Gasteiger partial charge >= 0.3 is 5.97 Å². The van der Waals surface area contributed by atoms with Gasteiger partial charge in [0.2, 0.25) is 0 Å². The molecule has 0 spiro atoms. The van der Waals surface area contributed by atoms with E-state index in [0.29, 0.717) is 55.2 Å². The molecule has 2 atom stereocenters. The number of hydrogen-bond donors (Lipinski definition) is 3. The van der Waals surface area contributed by atoms with Gasteiger partial charge < -0.3 is 10.4 Å². The van der Waals surface area contributed by atoms with Crippen molar-refractivity contribution in [3.63, 3.8) is 0 Å². The van der Waals surface area contributed by atoms with Crippen molar-refractivity contribution in [2.45, 2.75) is 45.7 Å². The van der Waals surface area contributed by atoms with Crippen LogP contribution >= 0.6 is 11.6 Å². The van der Waals surface area contributed by atoms with E-state index in [2.05, 4.69) is 25.4 Å². The SMILES string of the molecule is Cc1cc(Nc2cccc(C[C@@]3(C(=O)O)CCN(Cc4cccc(Cl)c4F)[C@H](C)C3)n2)n[nH]1. The van der Waals surface area contributed by atoms with Crippen LogP contribution in [0.2, 0.25) is 5.02 Å². The average Bonchev–Trinajstić information content (AvgIpc) is 3.18. The monoisotopic (exact) mass is 471 g/mol. The van der Waals surface area contributed by atoms with Crippen molar-refractivity contribution in [3.8, 4) is 0 Å². The summed E-state index contributed by atoms with van der Waals surface area (Å²) in [5, 5.41) is 20.4. The number of aliphatic carboxylic acids is 1. The van der Waals surface area contributed by atoms with E-state index < -0.39 is 17.2 Å². The van der Waals surface area contributed by atoms with E-state index in [1.165, 1.54) is 6.07 Å². The topological polar surface area (TPSA) is 94.1 Å². The Kier molecular flexibility index (Phi) is 6.67. The van der Waals surface area contributed by atoms with Crippen molar-refractivity contribution in [2.24, 2.45) is 5.41 Å². The summed E-state index contributed by atoms with van der Waals surface area (Å²) in [7, 11) is 0. The van der Waals surface area contributed by atoms with E-state index in [4.69, 9.17) is 11.6 Å². The largest absolute Gasteiger partial charge is 0.481 e. The molecule has 0 amide bonds. The molecule has 1 fully saturated rings. The fourth-order valence-corrected chi connectivity index (χ4v) is 4.73. The van der Waals surface area contributed by atoms with Crippen molar-refractivity contribution >= 4 is 29.2 Å². The molecule has 2 aromatic heterocycles. The lowest BCUT2D eigenvalue weighted by Gasteiger charge is -2.43. The number of nitrogens with zero attached hydrogens (tertiary/aromatic N) is 3. The first kappa shape index (κ1) is 23.2. The molecule has 0 saturated carbocycles. The first-order chi connectivity index (χ1) is 15.8. The zero-order valence-electron chi connectivity index (χ0n) is 18.6. The number of nitrogens with one attached hydrogen (secondary N) is 2. The lowest BCUT2D eigenvalue weighted by molar-refractivity contribution is -0.153. The van der Waals surface area contributed by atoms with Crippen LogP contribution in [0.5, 0.6) is 0 Å². The number of carboxylic acid groups (broad SMARTS) is 1. The standard InChI is InChI=1S/C24H27ClFN5O2/c1-15-11-21(30-29-15)28-20-8-4-6-18(27-20)13-24(23(32)33)9-10-31(16(2)12-24)14-17-5-3-7-19(25)22(17)26/h3-8,11,16H,9-10,12-14H2,1-2H3,(H,32,33)(H2,27,28,29,30)/t16-,24-/m1/s1. The molecule has 1 saturated heterocycles. The molecule has 7 nitrogen and oxygen atoms in total. The molecule has 4 rings (SSSR count). The second kappa shape index (κ2) is 9.49. The van der Waals surface area contributed by atoms with Gasteiger partial charge in [0, 0.05) is 42.0 Å². The molecular weight excluding hydrogens is 445 g/mol. The lowest BCUT2D eigenvalue weighted by Crippen LogP contribution is -2.49. The third-order valence-corrected chi connectivity index (χ3v) is 6.63. The number of anilines is 2.